The van der Waals surface area contributed by atoms with E-state index in [4.69, 9.17) is 4.74 Å². The number of nitrogens with one attached hydrogen (secondary N) is 1. The van der Waals surface area contributed by atoms with Crippen LogP contribution in [0, 0.1) is 0 Å². The molecule has 164 valence electrons. The summed E-state index contributed by atoms with van der Waals surface area (Å²) in [4.78, 5) is 24.2. The highest BCUT2D eigenvalue weighted by Gasteiger charge is 2.13. The average Bonchev–Trinajstić information content (AvgIpc) is 2.80. The van der Waals surface area contributed by atoms with Crippen LogP contribution in [0.5, 0.6) is 11.5 Å². The molecular weight excluding hydrogens is 470 g/mol. The van der Waals surface area contributed by atoms with Gasteiger partial charge in [0.2, 0.25) is 0 Å². The Morgan fingerprint density at radius 3 is 2.31 bits per heavy atom. The topological polar surface area (TPSA) is 75.6 Å². The maximum atomic E-state index is 12.5. The van der Waals surface area contributed by atoms with Crippen molar-refractivity contribution in [2.45, 2.75) is 26.2 Å². The van der Waals surface area contributed by atoms with E-state index in [1.807, 2.05) is 36.4 Å². The Hall–Kier alpha value is -3.38. The van der Waals surface area contributed by atoms with Gasteiger partial charge in [-0.05, 0) is 82.4 Å². The van der Waals surface area contributed by atoms with Gasteiger partial charge < -0.3 is 15.2 Å². The highest BCUT2D eigenvalue weighted by molar-refractivity contribution is 9.10. The fraction of sp³-hybridized carbons (Fsp3) is 0.154. The Bertz CT molecular complexity index is 1110. The summed E-state index contributed by atoms with van der Waals surface area (Å²) in [5.41, 5.74) is 1.98. The van der Waals surface area contributed by atoms with Crippen LogP contribution in [-0.2, 0) is 11.2 Å². The maximum Gasteiger partial charge on any atom is 0.352 e. The smallest absolute Gasteiger partial charge is 0.352 e. The first-order chi connectivity index (χ1) is 15.5. The number of ether oxygens (including phenoxy) is 1. The minimum absolute atomic E-state index is 0.204. The van der Waals surface area contributed by atoms with E-state index in [-0.39, 0.29) is 5.70 Å². The van der Waals surface area contributed by atoms with Crippen LogP contribution in [0.3, 0.4) is 0 Å². The summed E-state index contributed by atoms with van der Waals surface area (Å²) in [6.45, 7) is 2.13. The molecule has 2 N–H and O–H groups in total. The Morgan fingerprint density at radius 1 is 1.00 bits per heavy atom. The highest BCUT2D eigenvalue weighted by Crippen LogP contribution is 2.29. The summed E-state index contributed by atoms with van der Waals surface area (Å²) in [7, 11) is 0. The monoisotopic (exact) mass is 493 g/mol. The van der Waals surface area contributed by atoms with Gasteiger partial charge in [-0.3, -0.25) is 4.79 Å². The van der Waals surface area contributed by atoms with Crippen molar-refractivity contribution in [1.29, 1.82) is 0 Å². The van der Waals surface area contributed by atoms with E-state index >= 15 is 0 Å². The minimum Gasteiger partial charge on any atom is -0.477 e. The molecule has 0 saturated carbocycles. The van der Waals surface area contributed by atoms with Crippen molar-refractivity contribution >= 4 is 33.9 Å². The second-order valence-electron chi connectivity index (χ2n) is 7.22. The predicted octanol–water partition coefficient (Wildman–Crippen LogP) is 6.44. The number of rotatable bonds is 9. The molecule has 0 aliphatic heterocycles. The molecule has 0 atom stereocenters. The summed E-state index contributed by atoms with van der Waals surface area (Å²) in [5.74, 6) is -0.394. The molecule has 0 aliphatic carbocycles. The second-order valence-corrected chi connectivity index (χ2v) is 8.07. The van der Waals surface area contributed by atoms with Crippen LogP contribution in [0.15, 0.2) is 83.0 Å². The van der Waals surface area contributed by atoms with Gasteiger partial charge in [0.25, 0.3) is 5.91 Å². The standard InChI is InChI=1S/C26H24BrNO4/c1-2-3-6-18-9-13-20(14-10-18)25(29)28-23(26(30)31)17-19-11-15-21(16-12-19)32-24-8-5-4-7-22(24)27/h4-5,7-17H,2-3,6H2,1H3,(H,28,29)(H,30,31). The molecule has 32 heavy (non-hydrogen) atoms. The molecule has 6 heteroatoms. The highest BCUT2D eigenvalue weighted by atomic mass is 79.9. The van der Waals surface area contributed by atoms with E-state index in [1.54, 1.807) is 36.4 Å². The molecule has 3 aromatic carbocycles. The van der Waals surface area contributed by atoms with Crippen LogP contribution >= 0.6 is 15.9 Å². The van der Waals surface area contributed by atoms with Crippen LogP contribution in [0.25, 0.3) is 6.08 Å². The number of hydrogen-bond donors (Lipinski definition) is 2. The molecule has 5 nitrogen and oxygen atoms in total. The van der Waals surface area contributed by atoms with Gasteiger partial charge in [-0.1, -0.05) is 49.7 Å². The van der Waals surface area contributed by atoms with Gasteiger partial charge in [0, 0.05) is 5.56 Å². The number of aliphatic carboxylic acids is 1. The number of para-hydroxylation sites is 1. The Labute approximate surface area is 195 Å². The van der Waals surface area contributed by atoms with Gasteiger partial charge in [0.1, 0.15) is 17.2 Å². The van der Waals surface area contributed by atoms with E-state index in [0.29, 0.717) is 22.6 Å². The minimum atomic E-state index is -1.22. The molecule has 0 aliphatic rings. The van der Waals surface area contributed by atoms with Gasteiger partial charge >= 0.3 is 5.97 Å². The van der Waals surface area contributed by atoms with Crippen LogP contribution in [0.1, 0.15) is 41.3 Å². The fourth-order valence-corrected chi connectivity index (χ4v) is 3.37. The van der Waals surface area contributed by atoms with E-state index < -0.39 is 11.9 Å². The predicted molar refractivity (Wildman–Crippen MR) is 129 cm³/mol. The van der Waals surface area contributed by atoms with E-state index in [2.05, 4.69) is 28.2 Å². The molecule has 0 radical (unpaired) electrons. The van der Waals surface area contributed by atoms with E-state index in [9.17, 15) is 14.7 Å². The third-order valence-corrected chi connectivity index (χ3v) is 5.42. The number of halogens is 1. The number of benzene rings is 3. The Balaban J connectivity index is 1.69. The molecule has 0 heterocycles. The van der Waals surface area contributed by atoms with Crippen molar-refractivity contribution in [1.82, 2.24) is 5.32 Å². The Morgan fingerprint density at radius 2 is 1.69 bits per heavy atom. The van der Waals surface area contributed by atoms with Gasteiger partial charge in [-0.15, -0.1) is 0 Å². The lowest BCUT2D eigenvalue weighted by atomic mass is 10.1. The summed E-state index contributed by atoms with van der Waals surface area (Å²) >= 11 is 3.43. The molecule has 0 aromatic heterocycles. The zero-order valence-corrected chi connectivity index (χ0v) is 19.3. The molecule has 3 aromatic rings. The zero-order chi connectivity index (χ0) is 22.9. The van der Waals surface area contributed by atoms with Gasteiger partial charge in [0.15, 0.2) is 0 Å². The lowest BCUT2D eigenvalue weighted by Crippen LogP contribution is -2.27. The first-order valence-electron chi connectivity index (χ1n) is 10.3. The zero-order valence-electron chi connectivity index (χ0n) is 17.7. The van der Waals surface area contributed by atoms with Gasteiger partial charge in [-0.2, -0.15) is 0 Å². The summed E-state index contributed by atoms with van der Waals surface area (Å²) in [6.07, 6.45) is 4.56. The van der Waals surface area contributed by atoms with Gasteiger partial charge in [0.05, 0.1) is 4.47 Å². The molecular formula is C26H24BrNO4. The number of carboxylic acids is 1. The number of aryl methyl sites for hydroxylation is 1. The maximum absolute atomic E-state index is 12.5. The molecule has 1 amide bonds. The molecule has 3 rings (SSSR count). The molecule has 0 unspecified atom stereocenters. The number of hydrogen-bond acceptors (Lipinski definition) is 3. The van der Waals surface area contributed by atoms with Crippen LogP contribution in [0.2, 0.25) is 0 Å². The molecule has 0 saturated heterocycles. The third-order valence-electron chi connectivity index (χ3n) is 4.77. The first kappa shape index (κ1) is 23.3. The third kappa shape index (κ3) is 6.56. The van der Waals surface area contributed by atoms with Gasteiger partial charge in [-0.25, -0.2) is 4.79 Å². The molecule has 0 spiro atoms. The van der Waals surface area contributed by atoms with Crippen LogP contribution < -0.4 is 10.1 Å². The lowest BCUT2D eigenvalue weighted by molar-refractivity contribution is -0.132. The lowest BCUT2D eigenvalue weighted by Gasteiger charge is -2.09. The average molecular weight is 494 g/mol. The van der Waals surface area contributed by atoms with Crippen molar-refractivity contribution in [3.63, 3.8) is 0 Å². The second kappa shape index (κ2) is 11.3. The largest absolute Gasteiger partial charge is 0.477 e. The normalized spacial score (nSPS) is 11.1. The number of carbonyl (C=O) groups is 2. The van der Waals surface area contributed by atoms with E-state index in [0.717, 1.165) is 29.3 Å². The van der Waals surface area contributed by atoms with Crippen molar-refractivity contribution in [2.75, 3.05) is 0 Å². The number of carboxylic acid groups (broad SMARTS) is 1. The fourth-order valence-electron chi connectivity index (χ4n) is 3.00. The van der Waals surface area contributed by atoms with Crippen molar-refractivity contribution in [3.05, 3.63) is 99.7 Å². The number of unbranched alkanes of at least 4 members (excludes halogenated alkanes) is 1. The number of carbonyl (C=O) groups excluding carboxylic acids is 1. The SMILES string of the molecule is CCCCc1ccc(C(=O)NC(=Cc2ccc(Oc3ccccc3Br)cc2)C(=O)O)cc1. The van der Waals surface area contributed by atoms with Crippen molar-refractivity contribution in [3.8, 4) is 11.5 Å². The van der Waals surface area contributed by atoms with Crippen molar-refractivity contribution < 1.29 is 19.4 Å². The summed E-state index contributed by atoms with van der Waals surface area (Å²) < 4.78 is 6.65. The molecule has 0 bridgehead atoms. The first-order valence-corrected chi connectivity index (χ1v) is 11.1. The van der Waals surface area contributed by atoms with Crippen LogP contribution in [-0.4, -0.2) is 17.0 Å². The Kier molecular flexibility index (Phi) is 8.22. The summed E-state index contributed by atoms with van der Waals surface area (Å²) in [6, 6.07) is 21.7. The van der Waals surface area contributed by atoms with Crippen molar-refractivity contribution in [2.24, 2.45) is 0 Å². The molecule has 0 fully saturated rings. The quantitative estimate of drug-likeness (QED) is 0.336. The summed E-state index contributed by atoms with van der Waals surface area (Å²) in [5, 5.41) is 12.0. The van der Waals surface area contributed by atoms with Crippen LogP contribution in [0.4, 0.5) is 0 Å². The van der Waals surface area contributed by atoms with E-state index in [1.165, 1.54) is 6.08 Å². The number of amides is 1.